The minimum Gasteiger partial charge on any atom is -0.496 e. The number of rotatable bonds is 21. The van der Waals surface area contributed by atoms with Gasteiger partial charge in [0.05, 0.1) is 56.8 Å². The molecular formula is C28H35N5O11S. The standard InChI is InChI=1S/C28H35N5O11S/c1-17-30-22(16-45-17)24-12-21(33-44-24)28(38)31-18-3-4-23(39-2)20(11-18)27(37)32-19(13-41-9-10-42-14-25(29)34)5-6-40-7-8-43-15-26(35)36/h3-4,11-12,16,19H,5-10,13-15H2,1-2H3,(H2,29,34)(H,31,38)(H,32,37)(H,35,36). The van der Waals surface area contributed by atoms with Crippen molar-refractivity contribution >= 4 is 40.7 Å². The summed E-state index contributed by atoms with van der Waals surface area (Å²) in [4.78, 5) is 51.9. The summed E-state index contributed by atoms with van der Waals surface area (Å²) < 4.78 is 31.8. The highest BCUT2D eigenvalue weighted by atomic mass is 32.1. The average Bonchev–Trinajstić information content (AvgIpc) is 3.67. The second-order valence-electron chi connectivity index (χ2n) is 9.31. The van der Waals surface area contributed by atoms with Crippen LogP contribution in [-0.4, -0.2) is 105 Å². The van der Waals surface area contributed by atoms with E-state index in [4.69, 9.17) is 39.0 Å². The molecule has 0 spiro atoms. The van der Waals surface area contributed by atoms with E-state index in [0.29, 0.717) is 23.6 Å². The monoisotopic (exact) mass is 649 g/mol. The first-order valence-corrected chi connectivity index (χ1v) is 14.5. The number of hydrogen-bond acceptors (Lipinski definition) is 13. The molecule has 16 nitrogen and oxygen atoms in total. The Morgan fingerprint density at radius 3 is 2.42 bits per heavy atom. The van der Waals surface area contributed by atoms with Crippen LogP contribution in [0.15, 0.2) is 34.2 Å². The fourth-order valence-electron chi connectivity index (χ4n) is 3.72. The van der Waals surface area contributed by atoms with Crippen LogP contribution < -0.4 is 21.1 Å². The fraction of sp³-hybridized carbons (Fsp3) is 0.429. The van der Waals surface area contributed by atoms with Gasteiger partial charge in [-0.05, 0) is 31.5 Å². The molecule has 45 heavy (non-hydrogen) atoms. The van der Waals surface area contributed by atoms with E-state index in [1.807, 2.05) is 6.92 Å². The minimum atomic E-state index is -1.08. The predicted molar refractivity (Wildman–Crippen MR) is 159 cm³/mol. The SMILES string of the molecule is COc1ccc(NC(=O)c2cc(-c3csc(C)n3)on2)cc1C(=O)NC(CCOCCOCC(=O)O)COCCOCC(N)=O. The number of nitrogens with two attached hydrogens (primary N) is 1. The zero-order chi connectivity index (χ0) is 32.6. The van der Waals surface area contributed by atoms with E-state index < -0.39 is 36.3 Å². The summed E-state index contributed by atoms with van der Waals surface area (Å²) >= 11 is 1.44. The number of carboxylic acids is 1. The van der Waals surface area contributed by atoms with Gasteiger partial charge in [0.1, 0.15) is 24.7 Å². The maximum absolute atomic E-state index is 13.4. The van der Waals surface area contributed by atoms with Crippen LogP contribution in [0.1, 0.15) is 32.3 Å². The highest BCUT2D eigenvalue weighted by Gasteiger charge is 2.20. The number of hydrogen-bond donors (Lipinski definition) is 4. The first-order chi connectivity index (χ1) is 21.7. The molecule has 3 amide bonds. The van der Waals surface area contributed by atoms with Crippen LogP contribution >= 0.6 is 11.3 Å². The normalized spacial score (nSPS) is 11.6. The maximum Gasteiger partial charge on any atom is 0.329 e. The van der Waals surface area contributed by atoms with Crippen LogP contribution in [0.4, 0.5) is 5.69 Å². The molecule has 3 rings (SSSR count). The zero-order valence-corrected chi connectivity index (χ0v) is 25.6. The van der Waals surface area contributed by atoms with Gasteiger partial charge in [-0.2, -0.15) is 0 Å². The van der Waals surface area contributed by atoms with Gasteiger partial charge in [-0.25, -0.2) is 9.78 Å². The van der Waals surface area contributed by atoms with Gasteiger partial charge in [0.2, 0.25) is 5.91 Å². The summed E-state index contributed by atoms with van der Waals surface area (Å²) in [5.41, 5.74) is 6.10. The van der Waals surface area contributed by atoms with Gasteiger partial charge >= 0.3 is 5.97 Å². The van der Waals surface area contributed by atoms with Crippen molar-refractivity contribution < 1.29 is 52.5 Å². The summed E-state index contributed by atoms with van der Waals surface area (Å²) in [7, 11) is 1.41. The highest BCUT2D eigenvalue weighted by molar-refractivity contribution is 7.09. The number of primary amides is 1. The molecule has 2 aromatic heterocycles. The molecule has 0 saturated heterocycles. The molecule has 0 bridgehead atoms. The lowest BCUT2D eigenvalue weighted by Crippen LogP contribution is -2.39. The number of benzene rings is 1. The van der Waals surface area contributed by atoms with E-state index in [-0.39, 0.29) is 63.3 Å². The lowest BCUT2D eigenvalue weighted by Gasteiger charge is -2.20. The molecule has 0 saturated carbocycles. The number of aromatic nitrogens is 2. The van der Waals surface area contributed by atoms with Gasteiger partial charge in [-0.3, -0.25) is 14.4 Å². The topological polar surface area (TPSA) is 224 Å². The molecule has 0 aliphatic carbocycles. The Bertz CT molecular complexity index is 1430. The number of thiazole rings is 1. The van der Waals surface area contributed by atoms with E-state index in [1.165, 1.54) is 30.6 Å². The smallest absolute Gasteiger partial charge is 0.329 e. The number of aryl methyl sites for hydroxylation is 1. The molecule has 0 radical (unpaired) electrons. The number of anilines is 1. The molecule has 0 aliphatic rings. The van der Waals surface area contributed by atoms with Gasteiger partial charge in [0, 0.05) is 23.7 Å². The third kappa shape index (κ3) is 12.2. The lowest BCUT2D eigenvalue weighted by atomic mass is 10.1. The molecule has 1 unspecified atom stereocenters. The third-order valence-corrected chi connectivity index (χ3v) is 6.57. The van der Waals surface area contributed by atoms with Gasteiger partial charge in [-0.1, -0.05) is 5.16 Å². The van der Waals surface area contributed by atoms with Crippen molar-refractivity contribution in [3.05, 3.63) is 45.9 Å². The second kappa shape index (κ2) is 18.4. The molecule has 1 aromatic carbocycles. The first kappa shape index (κ1) is 35.1. The molecule has 5 N–H and O–H groups in total. The molecule has 0 aliphatic heterocycles. The van der Waals surface area contributed by atoms with E-state index in [2.05, 4.69) is 20.8 Å². The largest absolute Gasteiger partial charge is 0.496 e. The summed E-state index contributed by atoms with van der Waals surface area (Å²) in [6, 6.07) is 5.52. The van der Waals surface area contributed by atoms with Gasteiger partial charge in [-0.15, -0.1) is 11.3 Å². The Labute approximate surface area is 262 Å². The number of ether oxygens (including phenoxy) is 5. The number of nitrogens with zero attached hydrogens (tertiary/aromatic N) is 2. The van der Waals surface area contributed by atoms with Crippen LogP contribution in [0.2, 0.25) is 0 Å². The number of nitrogens with one attached hydrogen (secondary N) is 2. The zero-order valence-electron chi connectivity index (χ0n) is 24.7. The summed E-state index contributed by atoms with van der Waals surface area (Å²) in [6.07, 6.45) is 0.332. The second-order valence-corrected chi connectivity index (χ2v) is 10.4. The van der Waals surface area contributed by atoms with Crippen molar-refractivity contribution in [1.29, 1.82) is 0 Å². The molecule has 17 heteroatoms. The van der Waals surface area contributed by atoms with Crippen LogP contribution in [0, 0.1) is 6.92 Å². The van der Waals surface area contributed by atoms with Crippen molar-refractivity contribution in [2.45, 2.75) is 19.4 Å². The van der Waals surface area contributed by atoms with Crippen molar-refractivity contribution in [2.24, 2.45) is 5.73 Å². The Hall–Kier alpha value is -4.42. The third-order valence-electron chi connectivity index (χ3n) is 5.80. The Kier molecular flexibility index (Phi) is 14.3. The number of aliphatic carboxylic acids is 1. The summed E-state index contributed by atoms with van der Waals surface area (Å²) in [5.74, 6) is -2.13. The van der Waals surface area contributed by atoms with Gasteiger partial charge in [0.25, 0.3) is 11.8 Å². The average molecular weight is 650 g/mol. The van der Waals surface area contributed by atoms with Crippen molar-refractivity contribution in [3.63, 3.8) is 0 Å². The van der Waals surface area contributed by atoms with Crippen molar-refractivity contribution in [1.82, 2.24) is 15.5 Å². The van der Waals surface area contributed by atoms with Gasteiger partial charge in [0.15, 0.2) is 11.5 Å². The van der Waals surface area contributed by atoms with Crippen LogP contribution in [0.5, 0.6) is 5.75 Å². The Balaban J connectivity index is 1.62. The van der Waals surface area contributed by atoms with Crippen LogP contribution in [0.25, 0.3) is 11.5 Å². The van der Waals surface area contributed by atoms with E-state index in [9.17, 15) is 19.2 Å². The van der Waals surface area contributed by atoms with E-state index in [1.54, 1.807) is 17.5 Å². The number of carboxylic acid groups (broad SMARTS) is 1. The molecule has 244 valence electrons. The highest BCUT2D eigenvalue weighted by Crippen LogP contribution is 2.25. The number of carbonyl (C=O) groups is 4. The Morgan fingerprint density at radius 1 is 1.00 bits per heavy atom. The van der Waals surface area contributed by atoms with Gasteiger partial charge < -0.3 is 49.7 Å². The fourth-order valence-corrected chi connectivity index (χ4v) is 4.32. The van der Waals surface area contributed by atoms with Crippen molar-refractivity contribution in [2.75, 3.05) is 65.3 Å². The number of methoxy groups -OCH3 is 1. The molecular weight excluding hydrogens is 614 g/mol. The van der Waals surface area contributed by atoms with Crippen molar-refractivity contribution in [3.8, 4) is 17.2 Å². The minimum absolute atomic E-state index is 0.0304. The summed E-state index contributed by atoms with van der Waals surface area (Å²) in [5, 5.41) is 20.7. The summed E-state index contributed by atoms with van der Waals surface area (Å²) in [6.45, 7) is 1.97. The number of amides is 3. The number of carbonyl (C=O) groups excluding carboxylic acids is 3. The lowest BCUT2D eigenvalue weighted by molar-refractivity contribution is -0.142. The predicted octanol–water partition coefficient (Wildman–Crippen LogP) is 1.49. The van der Waals surface area contributed by atoms with E-state index >= 15 is 0 Å². The first-order valence-electron chi connectivity index (χ1n) is 13.7. The van der Waals surface area contributed by atoms with E-state index in [0.717, 1.165) is 5.01 Å². The molecule has 0 fully saturated rings. The maximum atomic E-state index is 13.4. The quantitative estimate of drug-likeness (QED) is 0.120. The molecule has 2 heterocycles. The Morgan fingerprint density at radius 2 is 1.73 bits per heavy atom. The molecule has 3 aromatic rings. The molecule has 1 atom stereocenters. The van der Waals surface area contributed by atoms with Crippen LogP contribution in [-0.2, 0) is 28.5 Å². The van der Waals surface area contributed by atoms with Crippen LogP contribution in [0.3, 0.4) is 0 Å².